The van der Waals surface area contributed by atoms with Crippen molar-refractivity contribution in [2.45, 2.75) is 10.4 Å². The summed E-state index contributed by atoms with van der Waals surface area (Å²) in [6, 6.07) is 15.6. The average Bonchev–Trinajstić information content (AvgIpc) is 2.97. The molecule has 7 heteroatoms. The van der Waals surface area contributed by atoms with Gasteiger partial charge in [-0.2, -0.15) is 13.2 Å². The number of aromatic nitrogens is 3. The molecule has 0 fully saturated rings. The number of para-hydroxylation sites is 1. The van der Waals surface area contributed by atoms with Gasteiger partial charge in [-0.15, -0.1) is 5.10 Å². The van der Waals surface area contributed by atoms with E-state index in [1.807, 2.05) is 30.3 Å². The van der Waals surface area contributed by atoms with Gasteiger partial charge in [-0.25, -0.2) is 4.68 Å². The van der Waals surface area contributed by atoms with Crippen LogP contribution in [0.4, 0.5) is 13.2 Å². The predicted octanol–water partition coefficient (Wildman–Crippen LogP) is 4.55. The molecule has 0 amide bonds. The molecule has 0 unspecified atom stereocenters. The summed E-state index contributed by atoms with van der Waals surface area (Å²) in [5, 5.41) is 7.96. The molecule has 0 saturated heterocycles. The molecule has 22 heavy (non-hydrogen) atoms. The summed E-state index contributed by atoms with van der Waals surface area (Å²) in [6.07, 6.45) is 1.62. The van der Waals surface area contributed by atoms with Crippen LogP contribution in [0.1, 0.15) is 0 Å². The zero-order valence-corrected chi connectivity index (χ0v) is 12.0. The maximum absolute atomic E-state index is 12.6. The van der Waals surface area contributed by atoms with Crippen molar-refractivity contribution < 1.29 is 13.2 Å². The number of hydrogen-bond donors (Lipinski definition) is 0. The number of thioether (sulfide) groups is 1. The second-order valence-corrected chi connectivity index (χ2v) is 5.54. The summed E-state index contributed by atoms with van der Waals surface area (Å²) in [6.45, 7) is 0. The Hall–Kier alpha value is -2.28. The topological polar surface area (TPSA) is 30.7 Å². The van der Waals surface area contributed by atoms with Gasteiger partial charge in [0, 0.05) is 10.5 Å². The number of rotatable bonds is 3. The first-order valence-electron chi connectivity index (χ1n) is 6.36. The standard InChI is InChI=1S/C15H10F3N3S/c16-15(17,18)22-14-9-5-4-8-13(14)21-10-12(19-20-21)11-6-2-1-3-7-11/h1-10H. The molecular formula is C15H10F3N3S. The Bertz CT molecular complexity index is 769. The maximum Gasteiger partial charge on any atom is 0.446 e. The summed E-state index contributed by atoms with van der Waals surface area (Å²) >= 11 is -0.161. The Labute approximate surface area is 128 Å². The lowest BCUT2D eigenvalue weighted by atomic mass is 10.2. The van der Waals surface area contributed by atoms with E-state index in [0.29, 0.717) is 11.4 Å². The van der Waals surface area contributed by atoms with Crippen molar-refractivity contribution in [2.24, 2.45) is 0 Å². The molecule has 0 aliphatic heterocycles. The van der Waals surface area contributed by atoms with E-state index in [-0.39, 0.29) is 16.7 Å². The maximum atomic E-state index is 12.6. The molecule has 3 nitrogen and oxygen atoms in total. The summed E-state index contributed by atoms with van der Waals surface area (Å²) < 4.78 is 39.2. The van der Waals surface area contributed by atoms with Crippen molar-refractivity contribution in [3.05, 3.63) is 60.8 Å². The van der Waals surface area contributed by atoms with Crippen molar-refractivity contribution in [1.29, 1.82) is 0 Å². The molecule has 0 radical (unpaired) electrons. The lowest BCUT2D eigenvalue weighted by Crippen LogP contribution is -2.03. The van der Waals surface area contributed by atoms with Gasteiger partial charge >= 0.3 is 5.51 Å². The number of benzene rings is 2. The number of alkyl halides is 3. The van der Waals surface area contributed by atoms with E-state index in [9.17, 15) is 13.2 Å². The van der Waals surface area contributed by atoms with Crippen molar-refractivity contribution in [1.82, 2.24) is 15.0 Å². The first kappa shape index (κ1) is 14.6. The Morgan fingerprint density at radius 3 is 2.32 bits per heavy atom. The number of nitrogens with zero attached hydrogens (tertiary/aromatic N) is 3. The highest BCUT2D eigenvalue weighted by Gasteiger charge is 2.30. The van der Waals surface area contributed by atoms with Gasteiger partial charge in [-0.1, -0.05) is 47.7 Å². The minimum atomic E-state index is -4.35. The molecule has 0 saturated carbocycles. The van der Waals surface area contributed by atoms with E-state index in [4.69, 9.17) is 0 Å². The molecule has 0 spiro atoms. The second-order valence-electron chi connectivity index (χ2n) is 4.43. The molecule has 112 valence electrons. The van der Waals surface area contributed by atoms with Crippen LogP contribution in [0.15, 0.2) is 65.7 Å². The van der Waals surface area contributed by atoms with Crippen molar-refractivity contribution in [3.8, 4) is 16.9 Å². The largest absolute Gasteiger partial charge is 0.446 e. The Morgan fingerprint density at radius 2 is 1.59 bits per heavy atom. The van der Waals surface area contributed by atoms with Gasteiger partial charge in [0.25, 0.3) is 0 Å². The van der Waals surface area contributed by atoms with Gasteiger partial charge in [-0.3, -0.25) is 0 Å². The second kappa shape index (κ2) is 5.84. The zero-order chi connectivity index (χ0) is 15.6. The predicted molar refractivity (Wildman–Crippen MR) is 78.7 cm³/mol. The average molecular weight is 321 g/mol. The van der Waals surface area contributed by atoms with Crippen LogP contribution in [0.3, 0.4) is 0 Å². The lowest BCUT2D eigenvalue weighted by Gasteiger charge is -2.10. The van der Waals surface area contributed by atoms with E-state index < -0.39 is 5.51 Å². The summed E-state index contributed by atoms with van der Waals surface area (Å²) in [5.41, 5.74) is -2.54. The number of halogens is 3. The molecule has 2 aromatic carbocycles. The molecule has 1 aromatic heterocycles. The van der Waals surface area contributed by atoms with Gasteiger partial charge in [0.2, 0.25) is 0 Å². The quantitative estimate of drug-likeness (QED) is 0.663. The summed E-state index contributed by atoms with van der Waals surface area (Å²) in [4.78, 5) is 0.0829. The number of hydrogen-bond acceptors (Lipinski definition) is 3. The van der Waals surface area contributed by atoms with Crippen LogP contribution in [-0.2, 0) is 0 Å². The van der Waals surface area contributed by atoms with Gasteiger partial charge in [0.1, 0.15) is 5.69 Å². The Kier molecular flexibility index (Phi) is 3.89. The third kappa shape index (κ3) is 3.30. The highest BCUT2D eigenvalue weighted by Crippen LogP contribution is 2.39. The summed E-state index contributed by atoms with van der Waals surface area (Å²) in [5.74, 6) is 0. The normalized spacial score (nSPS) is 11.6. The van der Waals surface area contributed by atoms with Crippen LogP contribution in [0, 0.1) is 0 Å². The Balaban J connectivity index is 1.97. The van der Waals surface area contributed by atoms with E-state index >= 15 is 0 Å². The van der Waals surface area contributed by atoms with Crippen LogP contribution in [-0.4, -0.2) is 20.5 Å². The van der Waals surface area contributed by atoms with Crippen LogP contribution in [0.25, 0.3) is 16.9 Å². The molecule has 0 aliphatic carbocycles. The van der Waals surface area contributed by atoms with Crippen LogP contribution in [0.2, 0.25) is 0 Å². The fourth-order valence-corrected chi connectivity index (χ4v) is 2.64. The van der Waals surface area contributed by atoms with Gasteiger partial charge in [-0.05, 0) is 23.9 Å². The van der Waals surface area contributed by atoms with Crippen molar-refractivity contribution in [2.75, 3.05) is 0 Å². The first-order valence-corrected chi connectivity index (χ1v) is 7.17. The fourth-order valence-electron chi connectivity index (χ4n) is 1.98. The lowest BCUT2D eigenvalue weighted by molar-refractivity contribution is -0.0328. The van der Waals surface area contributed by atoms with Gasteiger partial charge < -0.3 is 0 Å². The third-order valence-corrected chi connectivity index (χ3v) is 3.70. The van der Waals surface area contributed by atoms with E-state index in [1.165, 1.54) is 10.7 Å². The van der Waals surface area contributed by atoms with Crippen molar-refractivity contribution >= 4 is 11.8 Å². The molecule has 0 atom stereocenters. The summed E-state index contributed by atoms with van der Waals surface area (Å²) in [7, 11) is 0. The molecule has 0 N–H and O–H groups in total. The van der Waals surface area contributed by atoms with Crippen LogP contribution < -0.4 is 0 Å². The smallest absolute Gasteiger partial charge is 0.219 e. The minimum Gasteiger partial charge on any atom is -0.219 e. The van der Waals surface area contributed by atoms with Gasteiger partial charge in [0.05, 0.1) is 11.9 Å². The third-order valence-electron chi connectivity index (χ3n) is 2.90. The molecule has 1 heterocycles. The molecular weight excluding hydrogens is 311 g/mol. The first-order chi connectivity index (χ1) is 10.5. The fraction of sp³-hybridized carbons (Fsp3) is 0.0667. The van der Waals surface area contributed by atoms with E-state index in [1.54, 1.807) is 24.4 Å². The monoisotopic (exact) mass is 321 g/mol. The zero-order valence-electron chi connectivity index (χ0n) is 11.2. The van der Waals surface area contributed by atoms with Gasteiger partial charge in [0.15, 0.2) is 0 Å². The SMILES string of the molecule is FC(F)(F)Sc1ccccc1-n1cc(-c2ccccc2)nn1. The molecule has 3 aromatic rings. The minimum absolute atomic E-state index is 0.0829. The molecule has 0 aliphatic rings. The highest BCUT2D eigenvalue weighted by atomic mass is 32.2. The molecule has 3 rings (SSSR count). The van der Waals surface area contributed by atoms with Crippen molar-refractivity contribution in [3.63, 3.8) is 0 Å². The van der Waals surface area contributed by atoms with E-state index in [0.717, 1.165) is 5.56 Å². The van der Waals surface area contributed by atoms with Crippen LogP contribution >= 0.6 is 11.8 Å². The van der Waals surface area contributed by atoms with Crippen LogP contribution in [0.5, 0.6) is 0 Å². The highest BCUT2D eigenvalue weighted by molar-refractivity contribution is 8.00. The Morgan fingerprint density at radius 1 is 0.909 bits per heavy atom. The van der Waals surface area contributed by atoms with E-state index in [2.05, 4.69) is 10.3 Å². The molecule has 0 bridgehead atoms.